The van der Waals surface area contributed by atoms with Crippen molar-refractivity contribution < 1.29 is 4.79 Å². The Morgan fingerprint density at radius 2 is 1.69 bits per heavy atom. The average Bonchev–Trinajstić information content (AvgIpc) is 2.69. The van der Waals surface area contributed by atoms with E-state index in [9.17, 15) is 9.59 Å². The van der Waals surface area contributed by atoms with E-state index in [0.717, 1.165) is 0 Å². The molecular formula is C22H20N2O2. The van der Waals surface area contributed by atoms with Crippen molar-refractivity contribution in [2.45, 2.75) is 12.5 Å². The molecule has 4 rings (SSSR count). The summed E-state index contributed by atoms with van der Waals surface area (Å²) in [6.45, 7) is 1.21. The van der Waals surface area contributed by atoms with Crippen LogP contribution in [0.4, 0.5) is 0 Å². The van der Waals surface area contributed by atoms with Crippen LogP contribution in [0.5, 0.6) is 0 Å². The third-order valence-electron chi connectivity index (χ3n) is 5.02. The van der Waals surface area contributed by atoms with Gasteiger partial charge in [-0.2, -0.15) is 0 Å². The summed E-state index contributed by atoms with van der Waals surface area (Å²) in [5.41, 5.74) is 4.08. The lowest BCUT2D eigenvalue weighted by molar-refractivity contribution is 0.0724. The molecule has 4 nitrogen and oxygen atoms in total. The molecule has 1 aromatic heterocycles. The van der Waals surface area contributed by atoms with Crippen molar-refractivity contribution >= 4 is 5.91 Å². The molecule has 1 aliphatic rings. The van der Waals surface area contributed by atoms with Crippen molar-refractivity contribution in [1.82, 2.24) is 9.47 Å². The number of amides is 1. The molecule has 0 bridgehead atoms. The summed E-state index contributed by atoms with van der Waals surface area (Å²) >= 11 is 0. The van der Waals surface area contributed by atoms with E-state index in [2.05, 4.69) is 30.3 Å². The Kier molecular flexibility index (Phi) is 4.17. The summed E-state index contributed by atoms with van der Waals surface area (Å²) in [6, 6.07) is 21.7. The van der Waals surface area contributed by atoms with Crippen molar-refractivity contribution in [3.05, 3.63) is 106 Å². The Hall–Kier alpha value is -3.14. The molecule has 0 N–H and O–H groups in total. The van der Waals surface area contributed by atoms with Gasteiger partial charge in [-0.05, 0) is 22.8 Å². The number of carbonyl (C=O) groups excluding carboxylic acids is 1. The number of hydrogen-bond donors (Lipinski definition) is 0. The predicted molar refractivity (Wildman–Crippen MR) is 101 cm³/mol. The minimum absolute atomic E-state index is 0.0453. The Balaban J connectivity index is 1.72. The van der Waals surface area contributed by atoms with Crippen LogP contribution in [0.15, 0.2) is 77.7 Å². The highest BCUT2D eigenvalue weighted by Crippen LogP contribution is 2.33. The van der Waals surface area contributed by atoms with Gasteiger partial charge in [0.05, 0.1) is 5.56 Å². The van der Waals surface area contributed by atoms with Gasteiger partial charge < -0.3 is 9.47 Å². The van der Waals surface area contributed by atoms with Crippen molar-refractivity contribution in [2.75, 3.05) is 6.54 Å². The monoisotopic (exact) mass is 344 g/mol. The van der Waals surface area contributed by atoms with Gasteiger partial charge in [-0.3, -0.25) is 9.59 Å². The van der Waals surface area contributed by atoms with Gasteiger partial charge in [-0.15, -0.1) is 0 Å². The topological polar surface area (TPSA) is 42.3 Å². The first kappa shape index (κ1) is 16.3. The number of aromatic nitrogens is 1. The van der Waals surface area contributed by atoms with Crippen molar-refractivity contribution in [3.8, 4) is 0 Å². The fraction of sp³-hybridized carbons (Fsp3) is 0.182. The molecule has 0 fully saturated rings. The molecule has 0 radical (unpaired) electrons. The molecule has 0 saturated heterocycles. The summed E-state index contributed by atoms with van der Waals surface area (Å²) in [5.74, 6) is 0.105. The molecular weight excluding hydrogens is 324 g/mol. The van der Waals surface area contributed by atoms with E-state index in [4.69, 9.17) is 0 Å². The summed E-state index contributed by atoms with van der Waals surface area (Å²) in [7, 11) is 1.66. The van der Waals surface area contributed by atoms with Crippen LogP contribution in [0, 0.1) is 0 Å². The largest absolute Gasteiger partial charge is 0.333 e. The Morgan fingerprint density at radius 1 is 0.962 bits per heavy atom. The molecule has 3 aromatic rings. The number of aryl methyl sites for hydroxylation is 1. The van der Waals surface area contributed by atoms with Crippen LogP contribution >= 0.6 is 0 Å². The maximum Gasteiger partial charge on any atom is 0.255 e. The first-order chi connectivity index (χ1) is 12.6. The van der Waals surface area contributed by atoms with Gasteiger partial charge in [0.2, 0.25) is 5.56 Å². The fourth-order valence-electron chi connectivity index (χ4n) is 3.64. The highest BCUT2D eigenvalue weighted by Gasteiger charge is 2.29. The summed E-state index contributed by atoms with van der Waals surface area (Å²) in [5, 5.41) is 0. The zero-order chi connectivity index (χ0) is 18.1. The van der Waals surface area contributed by atoms with E-state index in [1.165, 1.54) is 27.3 Å². The van der Waals surface area contributed by atoms with E-state index in [1.54, 1.807) is 19.3 Å². The number of rotatable bonds is 2. The van der Waals surface area contributed by atoms with E-state index >= 15 is 0 Å². The number of hydrogen-bond acceptors (Lipinski definition) is 2. The van der Waals surface area contributed by atoms with E-state index in [-0.39, 0.29) is 17.4 Å². The zero-order valence-electron chi connectivity index (χ0n) is 14.6. The Labute approximate surface area is 152 Å². The van der Waals surface area contributed by atoms with Crippen LogP contribution in [-0.4, -0.2) is 21.9 Å². The Bertz CT molecular complexity index is 1010. The first-order valence-corrected chi connectivity index (χ1v) is 8.72. The predicted octanol–water partition coefficient (Wildman–Crippen LogP) is 3.17. The summed E-state index contributed by atoms with van der Waals surface area (Å²) in [6.07, 6.45) is 1.61. The molecule has 26 heavy (non-hydrogen) atoms. The third kappa shape index (κ3) is 2.94. The van der Waals surface area contributed by atoms with Gasteiger partial charge in [0.25, 0.3) is 5.91 Å². The summed E-state index contributed by atoms with van der Waals surface area (Å²) in [4.78, 5) is 26.5. The molecule has 1 amide bonds. The zero-order valence-corrected chi connectivity index (χ0v) is 14.6. The second-order valence-electron chi connectivity index (χ2n) is 6.71. The quantitative estimate of drug-likeness (QED) is 0.717. The van der Waals surface area contributed by atoms with Crippen LogP contribution in [0.2, 0.25) is 0 Å². The number of benzene rings is 2. The number of fused-ring (bicyclic) bond motifs is 1. The minimum atomic E-state index is -0.118. The SMILES string of the molecule is Cn1cc(C(=O)N2Cc3ccccc3[C@@H](c3ccccc3)C2)ccc1=O. The standard InChI is InChI=1S/C22H20N2O2/c1-23-13-18(11-12-21(23)25)22(26)24-14-17-9-5-6-10-19(17)20(15-24)16-7-3-2-4-8-16/h2-13,20H,14-15H2,1H3/t20-/m1/s1. The molecule has 1 atom stereocenters. The molecule has 4 heteroatoms. The maximum absolute atomic E-state index is 13.1. The van der Waals surface area contributed by atoms with E-state index < -0.39 is 0 Å². The highest BCUT2D eigenvalue weighted by molar-refractivity contribution is 5.94. The number of carbonyl (C=O) groups is 1. The number of nitrogens with zero attached hydrogens (tertiary/aromatic N) is 2. The smallest absolute Gasteiger partial charge is 0.255 e. The Morgan fingerprint density at radius 3 is 2.46 bits per heavy atom. The molecule has 0 spiro atoms. The molecule has 0 unspecified atom stereocenters. The molecule has 1 aliphatic heterocycles. The van der Waals surface area contributed by atoms with Crippen molar-refractivity contribution in [2.24, 2.45) is 7.05 Å². The third-order valence-corrected chi connectivity index (χ3v) is 5.02. The normalized spacial score (nSPS) is 16.2. The van der Waals surface area contributed by atoms with E-state index in [0.29, 0.717) is 18.7 Å². The molecule has 2 aromatic carbocycles. The van der Waals surface area contributed by atoms with E-state index in [1.807, 2.05) is 29.2 Å². The second-order valence-corrected chi connectivity index (χ2v) is 6.71. The van der Waals surface area contributed by atoms with Crippen LogP contribution in [0.1, 0.15) is 33.0 Å². The van der Waals surface area contributed by atoms with Crippen molar-refractivity contribution in [3.63, 3.8) is 0 Å². The molecule has 130 valence electrons. The molecule has 2 heterocycles. The lowest BCUT2D eigenvalue weighted by atomic mass is 9.84. The maximum atomic E-state index is 13.1. The lowest BCUT2D eigenvalue weighted by Gasteiger charge is -2.35. The highest BCUT2D eigenvalue weighted by atomic mass is 16.2. The molecule has 0 saturated carbocycles. The summed E-state index contributed by atoms with van der Waals surface area (Å²) < 4.78 is 1.44. The van der Waals surface area contributed by atoms with Crippen molar-refractivity contribution in [1.29, 1.82) is 0 Å². The average molecular weight is 344 g/mol. The van der Waals surface area contributed by atoms with Gasteiger partial charge in [0.15, 0.2) is 0 Å². The second kappa shape index (κ2) is 6.64. The fourth-order valence-corrected chi connectivity index (χ4v) is 3.64. The minimum Gasteiger partial charge on any atom is -0.333 e. The van der Waals surface area contributed by atoms with Crippen LogP contribution < -0.4 is 5.56 Å². The van der Waals surface area contributed by atoms with Gasteiger partial charge in [0.1, 0.15) is 0 Å². The van der Waals surface area contributed by atoms with Crippen LogP contribution in [0.25, 0.3) is 0 Å². The van der Waals surface area contributed by atoms with Gasteiger partial charge in [-0.25, -0.2) is 0 Å². The molecule has 0 aliphatic carbocycles. The van der Waals surface area contributed by atoms with Crippen LogP contribution in [-0.2, 0) is 13.6 Å². The number of pyridine rings is 1. The van der Waals surface area contributed by atoms with Gasteiger partial charge >= 0.3 is 0 Å². The van der Waals surface area contributed by atoms with Crippen LogP contribution in [0.3, 0.4) is 0 Å². The first-order valence-electron chi connectivity index (χ1n) is 8.72. The van der Waals surface area contributed by atoms with Gasteiger partial charge in [-0.1, -0.05) is 54.6 Å². The lowest BCUT2D eigenvalue weighted by Crippen LogP contribution is -2.39. The van der Waals surface area contributed by atoms with Gasteiger partial charge in [0, 0.05) is 38.3 Å².